The summed E-state index contributed by atoms with van der Waals surface area (Å²) in [7, 11) is 1.66. The third-order valence-electron chi connectivity index (χ3n) is 5.71. The van der Waals surface area contributed by atoms with E-state index in [2.05, 4.69) is 25.6 Å². The van der Waals surface area contributed by atoms with Gasteiger partial charge in [0.25, 0.3) is 0 Å². The van der Waals surface area contributed by atoms with E-state index in [-0.39, 0.29) is 29.9 Å². The zero-order valence-corrected chi connectivity index (χ0v) is 18.4. The molecule has 4 rings (SSSR count). The van der Waals surface area contributed by atoms with Crippen molar-refractivity contribution in [2.75, 3.05) is 19.0 Å². The van der Waals surface area contributed by atoms with E-state index in [4.69, 9.17) is 16.3 Å². The molecular weight excluding hydrogens is 416 g/mol. The number of hydrogen-bond donors (Lipinski definition) is 2. The van der Waals surface area contributed by atoms with Crippen LogP contribution in [0.1, 0.15) is 37.2 Å². The fourth-order valence-corrected chi connectivity index (χ4v) is 3.93. The standard InChI is InChI=1S/C22H25ClN6O2/c1-13(19-11-29(12-26-19)16-6-4-15(23)5-7-16)27-22-24-9-8-18(28-22)20-17(14(2)31-3)10-25-21(20)30/h4-9,11-14,17,20H,10H2,1-3H3,(H,25,30)(H,24,27,28)/t13-,14+,17?,20+/m0/s1. The summed E-state index contributed by atoms with van der Waals surface area (Å²) in [4.78, 5) is 25.9. The highest BCUT2D eigenvalue weighted by Gasteiger charge is 2.40. The Bertz CT molecular complexity index is 1050. The highest BCUT2D eigenvalue weighted by Crippen LogP contribution is 2.32. The lowest BCUT2D eigenvalue weighted by Crippen LogP contribution is -2.27. The maximum atomic E-state index is 12.5. The third-order valence-corrected chi connectivity index (χ3v) is 5.96. The van der Waals surface area contributed by atoms with Crippen molar-refractivity contribution in [1.82, 2.24) is 24.8 Å². The number of benzene rings is 1. The van der Waals surface area contributed by atoms with Crippen LogP contribution in [-0.2, 0) is 9.53 Å². The summed E-state index contributed by atoms with van der Waals surface area (Å²) in [5.74, 6) is 0.0773. The molecule has 2 N–H and O–H groups in total. The summed E-state index contributed by atoms with van der Waals surface area (Å²) in [6.07, 6.45) is 5.31. The SMILES string of the molecule is CO[C@H](C)C1CNC(=O)[C@H]1c1ccnc(N[C@@H](C)c2cn(-c3ccc(Cl)cc3)cn2)n1. The number of imidazole rings is 1. The Kier molecular flexibility index (Phi) is 6.20. The number of anilines is 1. The molecule has 0 spiro atoms. The van der Waals surface area contributed by atoms with E-state index >= 15 is 0 Å². The van der Waals surface area contributed by atoms with Crippen molar-refractivity contribution < 1.29 is 9.53 Å². The van der Waals surface area contributed by atoms with Gasteiger partial charge in [-0.05, 0) is 44.2 Å². The van der Waals surface area contributed by atoms with E-state index in [9.17, 15) is 4.79 Å². The molecule has 1 saturated heterocycles. The van der Waals surface area contributed by atoms with Gasteiger partial charge in [0, 0.05) is 42.7 Å². The zero-order valence-electron chi connectivity index (χ0n) is 17.6. The number of hydrogen-bond acceptors (Lipinski definition) is 6. The summed E-state index contributed by atoms with van der Waals surface area (Å²) in [5.41, 5.74) is 2.49. The Balaban J connectivity index is 1.50. The van der Waals surface area contributed by atoms with Crippen LogP contribution in [0.2, 0.25) is 5.02 Å². The van der Waals surface area contributed by atoms with Crippen LogP contribution < -0.4 is 10.6 Å². The highest BCUT2D eigenvalue weighted by atomic mass is 35.5. The number of carbonyl (C=O) groups excluding carboxylic acids is 1. The van der Waals surface area contributed by atoms with Crippen LogP contribution in [0.5, 0.6) is 0 Å². The van der Waals surface area contributed by atoms with Crippen molar-refractivity contribution in [2.24, 2.45) is 5.92 Å². The van der Waals surface area contributed by atoms with Crippen LogP contribution in [0.15, 0.2) is 49.1 Å². The van der Waals surface area contributed by atoms with Crippen molar-refractivity contribution >= 4 is 23.5 Å². The highest BCUT2D eigenvalue weighted by molar-refractivity contribution is 6.30. The summed E-state index contributed by atoms with van der Waals surface area (Å²) < 4.78 is 7.39. The van der Waals surface area contributed by atoms with E-state index in [1.165, 1.54) is 0 Å². The molecule has 1 amide bonds. The smallest absolute Gasteiger partial charge is 0.229 e. The van der Waals surface area contributed by atoms with Crippen LogP contribution in [-0.4, -0.2) is 45.2 Å². The first kappa shape index (κ1) is 21.3. The lowest BCUT2D eigenvalue weighted by atomic mass is 9.88. The van der Waals surface area contributed by atoms with Crippen molar-refractivity contribution in [3.05, 3.63) is 65.5 Å². The second kappa shape index (κ2) is 9.03. The van der Waals surface area contributed by atoms with Crippen LogP contribution in [0, 0.1) is 5.92 Å². The number of methoxy groups -OCH3 is 1. The van der Waals surface area contributed by atoms with Crippen molar-refractivity contribution in [3.63, 3.8) is 0 Å². The van der Waals surface area contributed by atoms with Crippen LogP contribution in [0.25, 0.3) is 5.69 Å². The van der Waals surface area contributed by atoms with Crippen molar-refractivity contribution in [2.45, 2.75) is 31.9 Å². The number of aromatic nitrogens is 4. The lowest BCUT2D eigenvalue weighted by Gasteiger charge is -2.22. The predicted molar refractivity (Wildman–Crippen MR) is 118 cm³/mol. The van der Waals surface area contributed by atoms with Crippen LogP contribution in [0.4, 0.5) is 5.95 Å². The predicted octanol–water partition coefficient (Wildman–Crippen LogP) is 3.35. The van der Waals surface area contributed by atoms with Gasteiger partial charge in [-0.15, -0.1) is 0 Å². The Morgan fingerprint density at radius 2 is 2.00 bits per heavy atom. The average molecular weight is 441 g/mol. The molecule has 31 heavy (non-hydrogen) atoms. The quantitative estimate of drug-likeness (QED) is 0.585. The van der Waals surface area contributed by atoms with Crippen LogP contribution in [0.3, 0.4) is 0 Å². The number of carbonyl (C=O) groups is 1. The molecule has 2 aromatic heterocycles. The topological polar surface area (TPSA) is 94.0 Å². The Morgan fingerprint density at radius 1 is 1.23 bits per heavy atom. The molecule has 0 bridgehead atoms. The van der Waals surface area contributed by atoms with Gasteiger partial charge in [-0.25, -0.2) is 15.0 Å². The number of rotatable bonds is 7. The van der Waals surface area contributed by atoms with Gasteiger partial charge in [0.1, 0.15) is 0 Å². The minimum Gasteiger partial charge on any atom is -0.381 e. The monoisotopic (exact) mass is 440 g/mol. The van der Waals surface area contributed by atoms with Gasteiger partial charge in [-0.2, -0.15) is 0 Å². The molecule has 1 aliphatic heterocycles. The van der Waals surface area contributed by atoms with E-state index in [0.717, 1.165) is 11.4 Å². The molecule has 3 aromatic rings. The number of nitrogens with zero attached hydrogens (tertiary/aromatic N) is 4. The molecule has 9 heteroatoms. The first-order valence-corrected chi connectivity index (χ1v) is 10.5. The Labute approximate surface area is 186 Å². The molecule has 1 aliphatic rings. The summed E-state index contributed by atoms with van der Waals surface area (Å²) in [6, 6.07) is 9.21. The van der Waals surface area contributed by atoms with E-state index in [0.29, 0.717) is 23.2 Å². The van der Waals surface area contributed by atoms with Gasteiger partial charge in [0.15, 0.2) is 0 Å². The third kappa shape index (κ3) is 4.55. The molecule has 162 valence electrons. The molecule has 1 unspecified atom stereocenters. The normalized spacial score (nSPS) is 20.3. The first-order valence-electron chi connectivity index (χ1n) is 10.2. The molecule has 8 nitrogen and oxygen atoms in total. The molecule has 1 aromatic carbocycles. The fourth-order valence-electron chi connectivity index (χ4n) is 3.81. The second-order valence-electron chi connectivity index (χ2n) is 7.68. The largest absolute Gasteiger partial charge is 0.381 e. The van der Waals surface area contributed by atoms with E-state index in [1.54, 1.807) is 25.7 Å². The van der Waals surface area contributed by atoms with Gasteiger partial charge in [-0.3, -0.25) is 4.79 Å². The van der Waals surface area contributed by atoms with Gasteiger partial charge in [0.2, 0.25) is 11.9 Å². The molecule has 1 fully saturated rings. The molecule has 0 radical (unpaired) electrons. The number of amides is 1. The maximum Gasteiger partial charge on any atom is 0.229 e. The summed E-state index contributed by atoms with van der Waals surface area (Å²) >= 11 is 5.97. The van der Waals surface area contributed by atoms with Gasteiger partial charge in [-0.1, -0.05) is 11.6 Å². The Morgan fingerprint density at radius 3 is 2.74 bits per heavy atom. The van der Waals surface area contributed by atoms with E-state index in [1.807, 2.05) is 48.9 Å². The number of nitrogens with one attached hydrogen (secondary N) is 2. The molecule has 3 heterocycles. The van der Waals surface area contributed by atoms with Gasteiger partial charge in [0.05, 0.1) is 35.8 Å². The average Bonchev–Trinajstić information content (AvgIpc) is 3.41. The Hall–Kier alpha value is -2.97. The molecule has 0 saturated carbocycles. The molecule has 0 aliphatic carbocycles. The van der Waals surface area contributed by atoms with Crippen molar-refractivity contribution in [3.8, 4) is 5.69 Å². The second-order valence-corrected chi connectivity index (χ2v) is 8.12. The minimum absolute atomic E-state index is 0.0211. The molecule has 4 atom stereocenters. The van der Waals surface area contributed by atoms with Gasteiger partial charge >= 0.3 is 0 Å². The fraction of sp³-hybridized carbons (Fsp3) is 0.364. The minimum atomic E-state index is -0.363. The van der Waals surface area contributed by atoms with E-state index < -0.39 is 0 Å². The molecular formula is C22H25ClN6O2. The summed E-state index contributed by atoms with van der Waals surface area (Å²) in [6.45, 7) is 4.53. The number of ether oxygens (including phenoxy) is 1. The van der Waals surface area contributed by atoms with Gasteiger partial charge < -0.3 is 19.9 Å². The van der Waals surface area contributed by atoms with Crippen LogP contribution >= 0.6 is 11.6 Å². The first-order chi connectivity index (χ1) is 15.0. The number of halogens is 1. The zero-order chi connectivity index (χ0) is 22.0. The maximum absolute atomic E-state index is 12.5. The summed E-state index contributed by atoms with van der Waals surface area (Å²) in [5, 5.41) is 6.90. The lowest BCUT2D eigenvalue weighted by molar-refractivity contribution is -0.121. The van der Waals surface area contributed by atoms with Crippen molar-refractivity contribution in [1.29, 1.82) is 0 Å².